The monoisotopic (exact) mass is 265 g/mol. The van der Waals surface area contributed by atoms with Crippen LogP contribution in [0.4, 0.5) is 5.82 Å². The summed E-state index contributed by atoms with van der Waals surface area (Å²) in [6.07, 6.45) is 2.95. The van der Waals surface area contributed by atoms with Gasteiger partial charge in [-0.3, -0.25) is 0 Å². The smallest absolute Gasteiger partial charge is 0.140 e. The number of thiophene rings is 1. The second kappa shape index (κ2) is 4.82. The molecule has 3 heterocycles. The fraction of sp³-hybridized carbons (Fsp3) is 0.500. The zero-order chi connectivity index (χ0) is 11.7. The average molecular weight is 265 g/mol. The molecule has 0 N–H and O–H groups in total. The Bertz CT molecular complexity index is 515. The molecule has 0 bridgehead atoms. The normalized spacial score (nSPS) is 17.4. The minimum absolute atomic E-state index is 1.10. The first kappa shape index (κ1) is 11.3. The lowest BCUT2D eigenvalue weighted by molar-refractivity contribution is 0.804. The van der Waals surface area contributed by atoms with Crippen molar-refractivity contribution >= 4 is 39.1 Å². The number of nitrogens with zero attached hydrogens (tertiary/aromatic N) is 3. The van der Waals surface area contributed by atoms with Crippen molar-refractivity contribution in [3.8, 4) is 0 Å². The number of rotatable bonds is 1. The highest BCUT2D eigenvalue weighted by Gasteiger charge is 2.15. The van der Waals surface area contributed by atoms with E-state index < -0.39 is 0 Å². The van der Waals surface area contributed by atoms with Crippen molar-refractivity contribution in [1.29, 1.82) is 0 Å². The van der Waals surface area contributed by atoms with Gasteiger partial charge in [-0.1, -0.05) is 0 Å². The molecule has 0 spiro atoms. The van der Waals surface area contributed by atoms with Gasteiger partial charge in [-0.2, -0.15) is 11.8 Å². The van der Waals surface area contributed by atoms with Crippen molar-refractivity contribution in [3.05, 3.63) is 17.3 Å². The number of fused-ring (bicyclic) bond motifs is 1. The highest BCUT2D eigenvalue weighted by molar-refractivity contribution is 7.99. The summed E-state index contributed by atoms with van der Waals surface area (Å²) in [4.78, 5) is 13.7. The lowest BCUT2D eigenvalue weighted by Gasteiger charge is -2.21. The van der Waals surface area contributed by atoms with Crippen molar-refractivity contribution in [3.63, 3.8) is 0 Å². The minimum Gasteiger partial charge on any atom is -0.355 e. The summed E-state index contributed by atoms with van der Waals surface area (Å²) in [6, 6.07) is 2.22. The summed E-state index contributed by atoms with van der Waals surface area (Å²) in [5, 5.41) is 1.22. The molecule has 0 aliphatic carbocycles. The molecule has 3 rings (SSSR count). The molecule has 2 aromatic heterocycles. The van der Waals surface area contributed by atoms with Crippen LogP contribution in [-0.2, 0) is 0 Å². The van der Waals surface area contributed by atoms with Gasteiger partial charge in [0.15, 0.2) is 0 Å². The average Bonchev–Trinajstić information content (AvgIpc) is 2.55. The second-order valence-corrected chi connectivity index (χ2v) is 6.69. The van der Waals surface area contributed by atoms with Crippen molar-refractivity contribution in [2.24, 2.45) is 0 Å². The molecule has 1 fully saturated rings. The van der Waals surface area contributed by atoms with Crippen LogP contribution in [0, 0.1) is 6.92 Å². The van der Waals surface area contributed by atoms with Crippen LogP contribution in [0.5, 0.6) is 0 Å². The van der Waals surface area contributed by atoms with Crippen LogP contribution in [0.15, 0.2) is 12.4 Å². The van der Waals surface area contributed by atoms with Gasteiger partial charge >= 0.3 is 0 Å². The third kappa shape index (κ3) is 2.26. The molecule has 0 atom stereocenters. The highest BCUT2D eigenvalue weighted by atomic mass is 32.2. The van der Waals surface area contributed by atoms with Crippen molar-refractivity contribution in [2.75, 3.05) is 29.5 Å². The Morgan fingerprint density at radius 2 is 2.18 bits per heavy atom. The van der Waals surface area contributed by atoms with Crippen LogP contribution in [-0.4, -0.2) is 34.6 Å². The van der Waals surface area contributed by atoms with E-state index in [0.717, 1.165) is 23.7 Å². The van der Waals surface area contributed by atoms with E-state index in [-0.39, 0.29) is 0 Å². The van der Waals surface area contributed by atoms with Gasteiger partial charge in [0.25, 0.3) is 0 Å². The molecule has 0 saturated carbocycles. The van der Waals surface area contributed by atoms with E-state index >= 15 is 0 Å². The number of hydrogen-bond donors (Lipinski definition) is 0. The Balaban J connectivity index is 2.03. The maximum atomic E-state index is 4.50. The third-order valence-corrected chi connectivity index (χ3v) is 4.96. The summed E-state index contributed by atoms with van der Waals surface area (Å²) in [5.74, 6) is 3.60. The van der Waals surface area contributed by atoms with Gasteiger partial charge < -0.3 is 4.90 Å². The molecule has 0 radical (unpaired) electrons. The molecule has 1 aliphatic heterocycles. The summed E-state index contributed by atoms with van der Waals surface area (Å²) in [7, 11) is 0. The molecule has 0 unspecified atom stereocenters. The van der Waals surface area contributed by atoms with Crippen LogP contribution in [0.1, 0.15) is 11.3 Å². The lowest BCUT2D eigenvalue weighted by Crippen LogP contribution is -2.26. The number of thioether (sulfide) groups is 1. The van der Waals surface area contributed by atoms with Gasteiger partial charge in [0.2, 0.25) is 0 Å². The summed E-state index contributed by atoms with van der Waals surface area (Å²) in [5.41, 5.74) is 0. The Hall–Kier alpha value is -0.810. The predicted octanol–water partition coefficient (Wildman–Crippen LogP) is 2.94. The quantitative estimate of drug-likeness (QED) is 0.793. The number of aryl methyl sites for hydroxylation is 1. The summed E-state index contributed by atoms with van der Waals surface area (Å²) in [6.45, 7) is 4.36. The second-order valence-electron chi connectivity index (χ2n) is 4.23. The molecule has 1 aliphatic rings. The van der Waals surface area contributed by atoms with Crippen LogP contribution in [0.3, 0.4) is 0 Å². The molecular weight excluding hydrogens is 250 g/mol. The molecule has 1 saturated heterocycles. The SMILES string of the molecule is Cc1cc2c(N3CCCSCC3)ncnc2s1. The van der Waals surface area contributed by atoms with Crippen LogP contribution in [0.25, 0.3) is 10.2 Å². The fourth-order valence-corrected chi connectivity index (χ4v) is 3.90. The molecular formula is C12H15N3S2. The highest BCUT2D eigenvalue weighted by Crippen LogP contribution is 2.30. The van der Waals surface area contributed by atoms with E-state index in [1.807, 2.05) is 11.8 Å². The van der Waals surface area contributed by atoms with E-state index in [9.17, 15) is 0 Å². The largest absolute Gasteiger partial charge is 0.355 e. The molecule has 5 heteroatoms. The third-order valence-electron chi connectivity index (χ3n) is 2.95. The van der Waals surface area contributed by atoms with Gasteiger partial charge in [0.05, 0.1) is 5.39 Å². The van der Waals surface area contributed by atoms with E-state index in [1.165, 1.54) is 28.2 Å². The van der Waals surface area contributed by atoms with Crippen molar-refractivity contribution in [2.45, 2.75) is 13.3 Å². The first-order valence-corrected chi connectivity index (χ1v) is 7.85. The Morgan fingerprint density at radius 3 is 3.12 bits per heavy atom. The molecule has 2 aromatic rings. The molecule has 3 nitrogen and oxygen atoms in total. The van der Waals surface area contributed by atoms with E-state index in [0.29, 0.717) is 0 Å². The number of anilines is 1. The lowest BCUT2D eigenvalue weighted by atomic mass is 10.3. The van der Waals surface area contributed by atoms with E-state index in [1.54, 1.807) is 17.7 Å². The Kier molecular flexibility index (Phi) is 3.20. The minimum atomic E-state index is 1.10. The topological polar surface area (TPSA) is 29.0 Å². The summed E-state index contributed by atoms with van der Waals surface area (Å²) >= 11 is 3.79. The Morgan fingerprint density at radius 1 is 1.24 bits per heavy atom. The maximum absolute atomic E-state index is 4.50. The standard InChI is InChI=1S/C12H15N3S2/c1-9-7-10-11(13-8-14-12(10)17-9)15-3-2-5-16-6-4-15/h7-8H,2-6H2,1H3. The molecule has 0 aromatic carbocycles. The van der Waals surface area contributed by atoms with Crippen molar-refractivity contribution < 1.29 is 0 Å². The fourth-order valence-electron chi connectivity index (χ4n) is 2.17. The zero-order valence-electron chi connectivity index (χ0n) is 9.85. The Labute approximate surface area is 109 Å². The van der Waals surface area contributed by atoms with Crippen LogP contribution >= 0.6 is 23.1 Å². The van der Waals surface area contributed by atoms with Gasteiger partial charge in [-0.15, -0.1) is 11.3 Å². The van der Waals surface area contributed by atoms with E-state index in [4.69, 9.17) is 0 Å². The van der Waals surface area contributed by atoms with Crippen LogP contribution in [0.2, 0.25) is 0 Å². The van der Waals surface area contributed by atoms with E-state index in [2.05, 4.69) is 27.9 Å². The van der Waals surface area contributed by atoms with Crippen LogP contribution < -0.4 is 4.90 Å². The zero-order valence-corrected chi connectivity index (χ0v) is 11.5. The first-order chi connectivity index (χ1) is 8.34. The van der Waals surface area contributed by atoms with Gasteiger partial charge in [-0.25, -0.2) is 9.97 Å². The summed E-state index contributed by atoms with van der Waals surface area (Å²) < 4.78 is 0. The van der Waals surface area contributed by atoms with Gasteiger partial charge in [0.1, 0.15) is 17.0 Å². The van der Waals surface area contributed by atoms with Gasteiger partial charge in [-0.05, 0) is 25.2 Å². The molecule has 90 valence electrons. The maximum Gasteiger partial charge on any atom is 0.140 e. The number of aromatic nitrogens is 2. The van der Waals surface area contributed by atoms with Gasteiger partial charge in [0, 0.05) is 23.7 Å². The van der Waals surface area contributed by atoms with Crippen molar-refractivity contribution in [1.82, 2.24) is 9.97 Å². The predicted molar refractivity (Wildman–Crippen MR) is 76.3 cm³/mol. The molecule has 17 heavy (non-hydrogen) atoms. The first-order valence-electron chi connectivity index (χ1n) is 5.88. The molecule has 0 amide bonds. The number of hydrogen-bond acceptors (Lipinski definition) is 5.